The summed E-state index contributed by atoms with van der Waals surface area (Å²) in [5, 5.41) is 6.95. The lowest BCUT2D eigenvalue weighted by atomic mass is 10.2. The van der Waals surface area contributed by atoms with E-state index in [1.54, 1.807) is 17.9 Å². The van der Waals surface area contributed by atoms with E-state index in [1.165, 1.54) is 6.07 Å². The minimum absolute atomic E-state index is 0.0234. The number of amides is 1. The van der Waals surface area contributed by atoms with Crippen LogP contribution in [-0.2, 0) is 13.5 Å². The average Bonchev–Trinajstić information content (AvgIpc) is 2.69. The molecule has 1 amide bonds. The van der Waals surface area contributed by atoms with E-state index in [2.05, 4.69) is 20.4 Å². The first-order valence-electron chi connectivity index (χ1n) is 5.53. The molecule has 0 bridgehead atoms. The highest BCUT2D eigenvalue weighted by Crippen LogP contribution is 2.16. The number of halogens is 2. The molecule has 0 aromatic carbocycles. The van der Waals surface area contributed by atoms with Crippen LogP contribution in [0, 0.1) is 0 Å². The van der Waals surface area contributed by atoms with E-state index in [1.807, 2.05) is 6.92 Å². The maximum Gasteiger partial charge on any atom is 0.260 e. The Labute approximate surface area is 119 Å². The van der Waals surface area contributed by atoms with Crippen LogP contribution in [0.1, 0.15) is 23.0 Å². The molecule has 0 unspecified atom stereocenters. The summed E-state index contributed by atoms with van der Waals surface area (Å²) >= 11 is 11.4. The average molecular weight is 300 g/mol. The summed E-state index contributed by atoms with van der Waals surface area (Å²) in [5.74, 6) is -0.0586. The lowest BCUT2D eigenvalue weighted by Gasteiger charge is -2.04. The van der Waals surface area contributed by atoms with Crippen molar-refractivity contribution >= 4 is 34.9 Å². The van der Waals surface area contributed by atoms with Crippen LogP contribution in [0.25, 0.3) is 0 Å². The Morgan fingerprint density at radius 1 is 1.42 bits per heavy atom. The third kappa shape index (κ3) is 3.21. The topological polar surface area (TPSA) is 72.7 Å². The van der Waals surface area contributed by atoms with Crippen LogP contribution in [-0.4, -0.2) is 25.7 Å². The Morgan fingerprint density at radius 2 is 2.16 bits per heavy atom. The first kappa shape index (κ1) is 13.8. The van der Waals surface area contributed by atoms with Crippen LogP contribution < -0.4 is 5.32 Å². The molecule has 6 nitrogen and oxygen atoms in total. The number of carbonyl (C=O) groups is 1. The first-order valence-corrected chi connectivity index (χ1v) is 6.29. The van der Waals surface area contributed by atoms with E-state index in [9.17, 15) is 4.79 Å². The van der Waals surface area contributed by atoms with Crippen molar-refractivity contribution in [3.63, 3.8) is 0 Å². The van der Waals surface area contributed by atoms with Crippen molar-refractivity contribution in [1.29, 1.82) is 0 Å². The Balaban J connectivity index is 2.25. The van der Waals surface area contributed by atoms with Gasteiger partial charge in [0.25, 0.3) is 5.91 Å². The van der Waals surface area contributed by atoms with E-state index in [0.29, 0.717) is 17.7 Å². The summed E-state index contributed by atoms with van der Waals surface area (Å²) in [7, 11) is 1.76. The van der Waals surface area contributed by atoms with Gasteiger partial charge in [0.05, 0.1) is 11.3 Å². The molecule has 2 heterocycles. The van der Waals surface area contributed by atoms with Crippen LogP contribution in [0.5, 0.6) is 0 Å². The van der Waals surface area contributed by atoms with E-state index >= 15 is 0 Å². The number of aromatic nitrogens is 4. The molecule has 0 atom stereocenters. The van der Waals surface area contributed by atoms with Gasteiger partial charge in [-0.3, -0.25) is 9.48 Å². The van der Waals surface area contributed by atoms with E-state index in [4.69, 9.17) is 23.2 Å². The van der Waals surface area contributed by atoms with Gasteiger partial charge in [0.1, 0.15) is 11.0 Å². The summed E-state index contributed by atoms with van der Waals surface area (Å²) in [5.41, 5.74) is 1.21. The highest BCUT2D eigenvalue weighted by atomic mass is 35.5. The van der Waals surface area contributed by atoms with Gasteiger partial charge in [-0.05, 0) is 18.0 Å². The maximum atomic E-state index is 12.1. The molecular formula is C11H11Cl2N5O. The van der Waals surface area contributed by atoms with Gasteiger partial charge in [-0.2, -0.15) is 5.10 Å². The normalized spacial score (nSPS) is 10.5. The van der Waals surface area contributed by atoms with Crippen molar-refractivity contribution in [1.82, 2.24) is 19.7 Å². The molecule has 0 fully saturated rings. The van der Waals surface area contributed by atoms with Crippen molar-refractivity contribution in [3.05, 3.63) is 34.0 Å². The number of rotatable bonds is 3. The number of anilines is 1. The molecule has 2 rings (SSSR count). The lowest BCUT2D eigenvalue weighted by molar-refractivity contribution is 0.102. The third-order valence-corrected chi connectivity index (χ3v) is 2.76. The molecule has 2 aromatic rings. The predicted molar refractivity (Wildman–Crippen MR) is 72.6 cm³/mol. The molecule has 0 aliphatic carbocycles. The molecule has 0 radical (unpaired) electrons. The summed E-state index contributed by atoms with van der Waals surface area (Å²) in [6, 6.07) is 1.42. The minimum atomic E-state index is -0.309. The SMILES string of the molecule is CCc1nn(C)cc1C(=O)Nc1cc(Cl)nc(Cl)n1. The summed E-state index contributed by atoms with van der Waals surface area (Å²) in [6.07, 6.45) is 2.31. The molecule has 0 saturated heterocycles. The first-order chi connectivity index (χ1) is 8.99. The maximum absolute atomic E-state index is 12.1. The Morgan fingerprint density at radius 3 is 2.79 bits per heavy atom. The molecule has 1 N–H and O–H groups in total. The van der Waals surface area contributed by atoms with Crippen LogP contribution in [0.15, 0.2) is 12.3 Å². The molecule has 100 valence electrons. The Kier molecular flexibility index (Phi) is 4.01. The zero-order valence-corrected chi connectivity index (χ0v) is 11.8. The van der Waals surface area contributed by atoms with Crippen LogP contribution in [0.4, 0.5) is 5.82 Å². The summed E-state index contributed by atoms with van der Waals surface area (Å²) < 4.78 is 1.59. The Hall–Kier alpha value is -1.66. The number of carbonyl (C=O) groups excluding carboxylic acids is 1. The smallest absolute Gasteiger partial charge is 0.260 e. The highest BCUT2D eigenvalue weighted by Gasteiger charge is 2.15. The monoisotopic (exact) mass is 299 g/mol. The fourth-order valence-electron chi connectivity index (χ4n) is 1.62. The van der Waals surface area contributed by atoms with Gasteiger partial charge in [-0.25, -0.2) is 9.97 Å². The number of hydrogen-bond donors (Lipinski definition) is 1. The molecule has 8 heteroatoms. The van der Waals surface area contributed by atoms with Crippen molar-refractivity contribution in [2.75, 3.05) is 5.32 Å². The van der Waals surface area contributed by atoms with Gasteiger partial charge in [-0.1, -0.05) is 18.5 Å². The number of hydrogen-bond acceptors (Lipinski definition) is 4. The van der Waals surface area contributed by atoms with Crippen molar-refractivity contribution in [2.45, 2.75) is 13.3 Å². The van der Waals surface area contributed by atoms with Crippen LogP contribution in [0.2, 0.25) is 10.4 Å². The quantitative estimate of drug-likeness (QED) is 0.697. The second-order valence-electron chi connectivity index (χ2n) is 3.82. The Bertz CT molecular complexity index is 605. The third-order valence-electron chi connectivity index (χ3n) is 2.39. The number of aryl methyl sites for hydroxylation is 2. The highest BCUT2D eigenvalue weighted by molar-refractivity contribution is 6.32. The molecule has 0 aliphatic rings. The lowest BCUT2D eigenvalue weighted by Crippen LogP contribution is -2.14. The van der Waals surface area contributed by atoms with Crippen molar-refractivity contribution in [2.24, 2.45) is 7.05 Å². The fourth-order valence-corrected chi connectivity index (χ4v) is 2.03. The second-order valence-corrected chi connectivity index (χ2v) is 4.54. The zero-order chi connectivity index (χ0) is 14.0. The van der Waals surface area contributed by atoms with Gasteiger partial charge in [-0.15, -0.1) is 0 Å². The molecular weight excluding hydrogens is 289 g/mol. The van der Waals surface area contributed by atoms with Gasteiger partial charge < -0.3 is 5.32 Å². The fraction of sp³-hybridized carbons (Fsp3) is 0.273. The minimum Gasteiger partial charge on any atom is -0.306 e. The van der Waals surface area contributed by atoms with E-state index < -0.39 is 0 Å². The van der Waals surface area contributed by atoms with Gasteiger partial charge in [0.15, 0.2) is 0 Å². The van der Waals surface area contributed by atoms with Crippen LogP contribution >= 0.6 is 23.2 Å². The zero-order valence-electron chi connectivity index (χ0n) is 10.3. The summed E-state index contributed by atoms with van der Waals surface area (Å²) in [6.45, 7) is 1.93. The second kappa shape index (κ2) is 5.54. The molecule has 0 aliphatic heterocycles. The van der Waals surface area contributed by atoms with Crippen molar-refractivity contribution < 1.29 is 4.79 Å². The molecule has 2 aromatic heterocycles. The van der Waals surface area contributed by atoms with E-state index in [-0.39, 0.29) is 22.2 Å². The molecule has 19 heavy (non-hydrogen) atoms. The van der Waals surface area contributed by atoms with E-state index in [0.717, 1.165) is 0 Å². The number of nitrogens with one attached hydrogen (secondary N) is 1. The van der Waals surface area contributed by atoms with Gasteiger partial charge in [0, 0.05) is 19.3 Å². The van der Waals surface area contributed by atoms with Crippen LogP contribution in [0.3, 0.4) is 0 Å². The molecule has 0 spiro atoms. The molecule has 0 saturated carbocycles. The standard InChI is InChI=1S/C11H11Cl2N5O/c1-3-7-6(5-18(2)17-7)10(19)15-9-4-8(12)14-11(13)16-9/h4-5H,3H2,1-2H3,(H,14,15,16,19). The number of nitrogens with zero attached hydrogens (tertiary/aromatic N) is 4. The van der Waals surface area contributed by atoms with Gasteiger partial charge in [0.2, 0.25) is 5.28 Å². The largest absolute Gasteiger partial charge is 0.306 e. The van der Waals surface area contributed by atoms with Gasteiger partial charge >= 0.3 is 0 Å². The summed E-state index contributed by atoms with van der Waals surface area (Å²) in [4.78, 5) is 19.7. The predicted octanol–water partition coefficient (Wildman–Crippen LogP) is 2.33. The van der Waals surface area contributed by atoms with Crippen molar-refractivity contribution in [3.8, 4) is 0 Å².